The smallest absolute Gasteiger partial charge is 0.322 e. The summed E-state index contributed by atoms with van der Waals surface area (Å²) in [4.78, 5) is 17.8. The Labute approximate surface area is 107 Å². The number of hydrogen-bond donors (Lipinski definition) is 2. The maximum Gasteiger partial charge on any atom is 0.322 e. The fourth-order valence-corrected chi connectivity index (χ4v) is 2.41. The number of piperidine rings is 1. The van der Waals surface area contributed by atoms with E-state index < -0.39 is 0 Å². The highest BCUT2D eigenvalue weighted by molar-refractivity contribution is 5.89. The summed E-state index contributed by atoms with van der Waals surface area (Å²) in [6.45, 7) is 2.80. The van der Waals surface area contributed by atoms with Crippen molar-refractivity contribution < 1.29 is 9.90 Å². The highest BCUT2D eigenvalue weighted by Crippen LogP contribution is 2.23. The molecule has 5 nitrogen and oxygen atoms in total. The van der Waals surface area contributed by atoms with Crippen LogP contribution in [-0.4, -0.2) is 40.2 Å². The minimum Gasteiger partial charge on any atom is -0.394 e. The number of likely N-dealkylation sites (tertiary alicyclic amines) is 1. The van der Waals surface area contributed by atoms with E-state index in [-0.39, 0.29) is 18.7 Å². The number of aliphatic hydroxyl groups excluding tert-OH is 1. The molecule has 0 radical (unpaired) electrons. The van der Waals surface area contributed by atoms with Crippen LogP contribution in [0.2, 0.25) is 0 Å². The van der Waals surface area contributed by atoms with E-state index >= 15 is 0 Å². The normalized spacial score (nSPS) is 23.8. The van der Waals surface area contributed by atoms with Crippen molar-refractivity contribution in [1.29, 1.82) is 0 Å². The molecule has 2 unspecified atom stereocenters. The van der Waals surface area contributed by atoms with Crippen LogP contribution in [0.4, 0.5) is 10.5 Å². The minimum atomic E-state index is -0.146. The monoisotopic (exact) mass is 249 g/mol. The zero-order valence-electron chi connectivity index (χ0n) is 10.5. The Bertz CT molecular complexity index is 396. The number of hydrogen-bond acceptors (Lipinski definition) is 3. The van der Waals surface area contributed by atoms with Gasteiger partial charge in [0.05, 0.1) is 12.6 Å². The maximum atomic E-state index is 12.2. The van der Waals surface area contributed by atoms with Crippen LogP contribution in [0, 0.1) is 5.92 Å². The molecule has 0 saturated carbocycles. The molecule has 2 atom stereocenters. The van der Waals surface area contributed by atoms with Crippen molar-refractivity contribution in [3.8, 4) is 0 Å². The number of nitrogens with one attached hydrogen (secondary N) is 1. The minimum absolute atomic E-state index is 0.0188. The molecule has 2 amide bonds. The van der Waals surface area contributed by atoms with Crippen molar-refractivity contribution in [2.75, 3.05) is 18.5 Å². The van der Waals surface area contributed by atoms with Gasteiger partial charge >= 0.3 is 6.03 Å². The molecule has 1 aromatic rings. The molecule has 2 heterocycles. The molecule has 0 spiro atoms. The van der Waals surface area contributed by atoms with Crippen LogP contribution in [0.3, 0.4) is 0 Å². The van der Waals surface area contributed by atoms with Crippen LogP contribution in [0.5, 0.6) is 0 Å². The molecule has 1 saturated heterocycles. The lowest BCUT2D eigenvalue weighted by Gasteiger charge is -2.38. The Morgan fingerprint density at radius 3 is 2.94 bits per heavy atom. The summed E-state index contributed by atoms with van der Waals surface area (Å²) in [6, 6.07) is 3.27. The van der Waals surface area contributed by atoms with Crippen LogP contribution in [0.25, 0.3) is 0 Å². The third-order valence-electron chi connectivity index (χ3n) is 3.50. The predicted molar refractivity (Wildman–Crippen MR) is 69.2 cm³/mol. The first-order valence-electron chi connectivity index (χ1n) is 6.31. The van der Waals surface area contributed by atoms with Gasteiger partial charge in [0.2, 0.25) is 0 Å². The first kappa shape index (κ1) is 12.8. The van der Waals surface area contributed by atoms with Gasteiger partial charge in [-0.05, 0) is 30.9 Å². The topological polar surface area (TPSA) is 65.5 Å². The number of urea groups is 1. The number of rotatable bonds is 2. The van der Waals surface area contributed by atoms with E-state index in [2.05, 4.69) is 17.2 Å². The lowest BCUT2D eigenvalue weighted by molar-refractivity contribution is 0.0811. The van der Waals surface area contributed by atoms with Crippen molar-refractivity contribution in [2.45, 2.75) is 25.8 Å². The Hall–Kier alpha value is -1.62. The lowest BCUT2D eigenvalue weighted by atomic mass is 9.91. The molecule has 1 aliphatic heterocycles. The molecule has 2 rings (SSSR count). The Kier molecular flexibility index (Phi) is 4.15. The number of carbonyl (C=O) groups is 1. The number of nitrogens with zero attached hydrogens (tertiary/aromatic N) is 2. The molecule has 1 fully saturated rings. The Balaban J connectivity index is 2.03. The average Bonchev–Trinajstić information content (AvgIpc) is 2.39. The molecular formula is C13H19N3O2. The van der Waals surface area contributed by atoms with Gasteiger partial charge in [0.15, 0.2) is 0 Å². The number of anilines is 1. The zero-order valence-corrected chi connectivity index (χ0v) is 10.5. The number of aliphatic hydroxyl groups is 1. The zero-order chi connectivity index (χ0) is 13.0. The van der Waals surface area contributed by atoms with Crippen LogP contribution >= 0.6 is 0 Å². The van der Waals surface area contributed by atoms with Crippen LogP contribution in [-0.2, 0) is 0 Å². The number of carbonyl (C=O) groups excluding carboxylic acids is 1. The van der Waals surface area contributed by atoms with Crippen molar-refractivity contribution >= 4 is 11.7 Å². The van der Waals surface area contributed by atoms with Gasteiger partial charge < -0.3 is 15.3 Å². The molecule has 5 heteroatoms. The SMILES string of the molecule is CC1CCCN(C(=O)Nc2ccncc2)C1CO. The summed E-state index contributed by atoms with van der Waals surface area (Å²) in [5.74, 6) is 0.340. The van der Waals surface area contributed by atoms with Gasteiger partial charge in [-0.25, -0.2) is 4.79 Å². The summed E-state index contributed by atoms with van der Waals surface area (Å²) in [6.07, 6.45) is 5.32. The Morgan fingerprint density at radius 2 is 2.28 bits per heavy atom. The largest absolute Gasteiger partial charge is 0.394 e. The highest BCUT2D eigenvalue weighted by Gasteiger charge is 2.31. The first-order chi connectivity index (χ1) is 8.72. The molecular weight excluding hydrogens is 230 g/mol. The highest BCUT2D eigenvalue weighted by atomic mass is 16.3. The van der Waals surface area contributed by atoms with Gasteiger partial charge in [-0.2, -0.15) is 0 Å². The second-order valence-electron chi connectivity index (χ2n) is 4.73. The fourth-order valence-electron chi connectivity index (χ4n) is 2.41. The summed E-state index contributed by atoms with van der Waals surface area (Å²) < 4.78 is 0. The van der Waals surface area contributed by atoms with Gasteiger partial charge in [-0.1, -0.05) is 6.92 Å². The number of amides is 2. The molecule has 0 aromatic carbocycles. The Morgan fingerprint density at radius 1 is 1.56 bits per heavy atom. The second-order valence-corrected chi connectivity index (χ2v) is 4.73. The summed E-state index contributed by atoms with van der Waals surface area (Å²) in [5.41, 5.74) is 0.727. The van der Waals surface area contributed by atoms with E-state index in [1.807, 2.05) is 0 Å². The lowest BCUT2D eigenvalue weighted by Crippen LogP contribution is -2.51. The van der Waals surface area contributed by atoms with Crippen molar-refractivity contribution in [2.24, 2.45) is 5.92 Å². The van der Waals surface area contributed by atoms with Crippen molar-refractivity contribution in [3.63, 3.8) is 0 Å². The van der Waals surface area contributed by atoms with Gasteiger partial charge in [-0.3, -0.25) is 4.98 Å². The summed E-state index contributed by atoms with van der Waals surface area (Å²) in [5, 5.41) is 12.2. The van der Waals surface area contributed by atoms with E-state index in [0.29, 0.717) is 12.5 Å². The predicted octanol–water partition coefficient (Wildman–Crippen LogP) is 1.71. The molecule has 0 aliphatic carbocycles. The number of pyridine rings is 1. The molecule has 18 heavy (non-hydrogen) atoms. The van der Waals surface area contributed by atoms with E-state index in [0.717, 1.165) is 18.5 Å². The second kappa shape index (κ2) is 5.82. The van der Waals surface area contributed by atoms with Crippen LogP contribution in [0.1, 0.15) is 19.8 Å². The van der Waals surface area contributed by atoms with E-state index in [1.54, 1.807) is 29.4 Å². The molecule has 98 valence electrons. The van der Waals surface area contributed by atoms with E-state index in [9.17, 15) is 9.90 Å². The van der Waals surface area contributed by atoms with Gasteiger partial charge in [0.1, 0.15) is 0 Å². The van der Waals surface area contributed by atoms with Crippen molar-refractivity contribution in [3.05, 3.63) is 24.5 Å². The molecule has 0 bridgehead atoms. The molecule has 2 N–H and O–H groups in total. The maximum absolute atomic E-state index is 12.2. The van der Waals surface area contributed by atoms with E-state index in [4.69, 9.17) is 0 Å². The summed E-state index contributed by atoms with van der Waals surface area (Å²) in [7, 11) is 0. The van der Waals surface area contributed by atoms with Gasteiger partial charge in [0.25, 0.3) is 0 Å². The quantitative estimate of drug-likeness (QED) is 0.838. The van der Waals surface area contributed by atoms with Crippen molar-refractivity contribution in [1.82, 2.24) is 9.88 Å². The number of aromatic nitrogens is 1. The van der Waals surface area contributed by atoms with Gasteiger partial charge in [0, 0.05) is 24.6 Å². The van der Waals surface area contributed by atoms with Gasteiger partial charge in [-0.15, -0.1) is 0 Å². The van der Waals surface area contributed by atoms with E-state index in [1.165, 1.54) is 0 Å². The summed E-state index contributed by atoms with van der Waals surface area (Å²) >= 11 is 0. The fraction of sp³-hybridized carbons (Fsp3) is 0.538. The average molecular weight is 249 g/mol. The third kappa shape index (κ3) is 2.79. The third-order valence-corrected chi connectivity index (χ3v) is 3.50. The molecule has 1 aliphatic rings. The molecule has 1 aromatic heterocycles. The first-order valence-corrected chi connectivity index (χ1v) is 6.31. The van der Waals surface area contributed by atoms with Crippen LogP contribution < -0.4 is 5.32 Å². The van der Waals surface area contributed by atoms with Crippen LogP contribution in [0.15, 0.2) is 24.5 Å². The standard InChI is InChI=1S/C13H19N3O2/c1-10-3-2-8-16(12(10)9-17)13(18)15-11-4-6-14-7-5-11/h4-7,10,12,17H,2-3,8-9H2,1H3,(H,14,15,18).